The normalized spacial score (nSPS) is 31.8. The second kappa shape index (κ2) is 20.0. The molecule has 12 nitrogen and oxygen atoms in total. The van der Waals surface area contributed by atoms with Crippen molar-refractivity contribution in [1.29, 1.82) is 0 Å². The van der Waals surface area contributed by atoms with E-state index in [0.717, 1.165) is 35.5 Å². The molecule has 306 valence electrons. The molecule has 8 aliphatic carbocycles. The molecule has 54 heavy (non-hydrogen) atoms. The summed E-state index contributed by atoms with van der Waals surface area (Å²) in [5, 5.41) is 0. The van der Waals surface area contributed by atoms with E-state index in [2.05, 4.69) is 0 Å². The lowest BCUT2D eigenvalue weighted by Crippen LogP contribution is -2.52. The van der Waals surface area contributed by atoms with Gasteiger partial charge in [-0.15, -0.1) is 0 Å². The van der Waals surface area contributed by atoms with Crippen molar-refractivity contribution in [1.82, 2.24) is 0 Å². The van der Waals surface area contributed by atoms with Crippen LogP contribution < -0.4 is 20.9 Å². The number of anilines is 2. The molecule has 0 amide bonds. The zero-order chi connectivity index (χ0) is 37.1. The predicted molar refractivity (Wildman–Crippen MR) is 205 cm³/mol. The molecule has 8 fully saturated rings. The van der Waals surface area contributed by atoms with Crippen LogP contribution in [-0.4, -0.2) is 117 Å². The van der Waals surface area contributed by atoms with Crippen molar-refractivity contribution in [2.24, 2.45) is 35.5 Å². The maximum absolute atomic E-state index is 6.42. The van der Waals surface area contributed by atoms with E-state index in [1.165, 1.54) is 77.0 Å². The highest BCUT2D eigenvalue weighted by Crippen LogP contribution is 2.58. The first-order valence-electron chi connectivity index (χ1n) is 21.1. The molecule has 0 saturated heterocycles. The molecule has 4 N–H and O–H groups in total. The zero-order valence-corrected chi connectivity index (χ0v) is 32.7. The van der Waals surface area contributed by atoms with Crippen LogP contribution in [0.25, 0.3) is 0 Å². The summed E-state index contributed by atoms with van der Waals surface area (Å²) in [5.74, 6) is 6.43. The Morgan fingerprint density at radius 1 is 0.370 bits per heavy atom. The summed E-state index contributed by atoms with van der Waals surface area (Å²) >= 11 is 0. The van der Waals surface area contributed by atoms with Crippen LogP contribution >= 0.6 is 0 Å². The Bertz CT molecular complexity index is 1120. The zero-order valence-electron chi connectivity index (χ0n) is 32.7. The molecule has 0 unspecified atom stereocenters. The van der Waals surface area contributed by atoms with Gasteiger partial charge in [-0.3, -0.25) is 0 Å². The van der Waals surface area contributed by atoms with Gasteiger partial charge in [0.05, 0.1) is 115 Å². The number of hydrogen-bond donors (Lipinski definition) is 2. The van der Waals surface area contributed by atoms with E-state index in [1.54, 1.807) is 12.1 Å². The lowest BCUT2D eigenvalue weighted by molar-refractivity contribution is -0.169. The van der Waals surface area contributed by atoms with Crippen LogP contribution in [0.1, 0.15) is 77.0 Å². The third-order valence-electron chi connectivity index (χ3n) is 12.8. The molecule has 8 aliphatic rings. The first-order valence-corrected chi connectivity index (χ1v) is 21.1. The van der Waals surface area contributed by atoms with Crippen molar-refractivity contribution in [3.8, 4) is 11.5 Å². The fourth-order valence-electron chi connectivity index (χ4n) is 11.4. The van der Waals surface area contributed by atoms with E-state index in [1.807, 2.05) is 0 Å². The molecular formula is C42H68N2O10. The molecular weight excluding hydrogens is 692 g/mol. The number of ether oxygens (including phenoxy) is 10. The van der Waals surface area contributed by atoms with Gasteiger partial charge in [0.2, 0.25) is 0 Å². The average Bonchev–Trinajstić information content (AvgIpc) is 3.12. The second-order valence-electron chi connectivity index (χ2n) is 17.2. The van der Waals surface area contributed by atoms with Crippen molar-refractivity contribution in [2.45, 2.75) is 88.3 Å². The van der Waals surface area contributed by atoms with Gasteiger partial charge in [-0.25, -0.2) is 0 Å². The van der Waals surface area contributed by atoms with Crippen molar-refractivity contribution >= 4 is 11.4 Å². The van der Waals surface area contributed by atoms with Gasteiger partial charge in [-0.05, 0) is 113 Å². The molecule has 0 heterocycles. The van der Waals surface area contributed by atoms with Gasteiger partial charge < -0.3 is 58.8 Å². The minimum Gasteiger partial charge on any atom is -0.487 e. The molecule has 0 spiro atoms. The Hall–Kier alpha value is -1.90. The van der Waals surface area contributed by atoms with E-state index < -0.39 is 0 Å². The molecule has 1 aromatic carbocycles. The standard InChI is InChI=1S/C42H68N2O10/c43-37-23-39(51-13-9-47-5-1-45-3-7-49-11-15-53-41-25-31-17-32(26-41)19-33(18-31)27-41)40(24-38(37)44)52-14-10-48-6-2-46-4-8-50-12-16-54-42-28-34-20-35(29-42)22-36(21-34)30-42/h23-24,31-36H,1-22,25-30,43-44H2. The molecule has 1 aromatic rings. The Morgan fingerprint density at radius 2 is 0.611 bits per heavy atom. The first kappa shape index (κ1) is 40.3. The summed E-state index contributed by atoms with van der Waals surface area (Å²) in [6.45, 7) is 8.16. The van der Waals surface area contributed by atoms with E-state index in [9.17, 15) is 0 Å². The Labute approximate surface area is 322 Å². The summed E-state index contributed by atoms with van der Waals surface area (Å²) in [6.07, 6.45) is 16.2. The molecule has 0 aromatic heterocycles. The summed E-state index contributed by atoms with van der Waals surface area (Å²) in [5.41, 5.74) is 13.2. The van der Waals surface area contributed by atoms with E-state index >= 15 is 0 Å². The third kappa shape index (κ3) is 11.6. The quantitative estimate of drug-likeness (QED) is 0.0802. The van der Waals surface area contributed by atoms with Gasteiger partial charge in [-0.1, -0.05) is 0 Å². The van der Waals surface area contributed by atoms with Crippen LogP contribution in [0.15, 0.2) is 12.1 Å². The molecule has 8 saturated carbocycles. The highest BCUT2D eigenvalue weighted by molar-refractivity contribution is 5.69. The predicted octanol–water partition coefficient (Wildman–Crippen LogP) is 5.68. The van der Waals surface area contributed by atoms with Gasteiger partial charge in [0, 0.05) is 12.1 Å². The maximum Gasteiger partial charge on any atom is 0.163 e. The van der Waals surface area contributed by atoms with Crippen LogP contribution in [-0.2, 0) is 37.9 Å². The molecule has 12 heteroatoms. The lowest BCUT2D eigenvalue weighted by atomic mass is 9.54. The summed E-state index contributed by atoms with van der Waals surface area (Å²) in [6, 6.07) is 3.35. The van der Waals surface area contributed by atoms with Crippen LogP contribution in [0.3, 0.4) is 0 Å². The lowest BCUT2D eigenvalue weighted by Gasteiger charge is -2.56. The van der Waals surface area contributed by atoms with Crippen molar-refractivity contribution in [3.05, 3.63) is 12.1 Å². The summed E-state index contributed by atoms with van der Waals surface area (Å²) < 4.78 is 58.8. The van der Waals surface area contributed by atoms with Gasteiger partial charge in [-0.2, -0.15) is 0 Å². The van der Waals surface area contributed by atoms with Crippen LogP contribution in [0.2, 0.25) is 0 Å². The van der Waals surface area contributed by atoms with Crippen LogP contribution in [0.5, 0.6) is 11.5 Å². The molecule has 0 aliphatic heterocycles. The van der Waals surface area contributed by atoms with E-state index in [-0.39, 0.29) is 11.2 Å². The fraction of sp³-hybridized carbons (Fsp3) is 0.857. The summed E-state index contributed by atoms with van der Waals surface area (Å²) in [4.78, 5) is 0. The average molecular weight is 761 g/mol. The van der Waals surface area contributed by atoms with Gasteiger partial charge in [0.25, 0.3) is 0 Å². The van der Waals surface area contributed by atoms with Gasteiger partial charge in [0.15, 0.2) is 11.5 Å². The fourth-order valence-corrected chi connectivity index (χ4v) is 11.4. The van der Waals surface area contributed by atoms with Crippen LogP contribution in [0, 0.1) is 35.5 Å². The number of nitrogens with two attached hydrogens (primary N) is 2. The monoisotopic (exact) mass is 760 g/mol. The highest BCUT2D eigenvalue weighted by atomic mass is 16.6. The molecule has 0 radical (unpaired) electrons. The highest BCUT2D eigenvalue weighted by Gasteiger charge is 2.52. The van der Waals surface area contributed by atoms with Gasteiger partial charge >= 0.3 is 0 Å². The largest absolute Gasteiger partial charge is 0.487 e. The number of nitrogen functional groups attached to an aromatic ring is 2. The minimum atomic E-state index is 0.149. The Morgan fingerprint density at radius 3 is 0.889 bits per heavy atom. The van der Waals surface area contributed by atoms with E-state index in [0.29, 0.717) is 129 Å². The second-order valence-corrected chi connectivity index (χ2v) is 17.2. The summed E-state index contributed by atoms with van der Waals surface area (Å²) in [7, 11) is 0. The maximum atomic E-state index is 6.42. The Kier molecular flexibility index (Phi) is 14.9. The molecule has 8 bridgehead atoms. The number of hydrogen-bond acceptors (Lipinski definition) is 12. The number of rotatable bonds is 28. The van der Waals surface area contributed by atoms with E-state index in [4.69, 9.17) is 58.8 Å². The van der Waals surface area contributed by atoms with Crippen LogP contribution in [0.4, 0.5) is 11.4 Å². The molecule has 9 rings (SSSR count). The molecule has 0 atom stereocenters. The van der Waals surface area contributed by atoms with Crippen molar-refractivity contribution in [3.63, 3.8) is 0 Å². The van der Waals surface area contributed by atoms with Crippen molar-refractivity contribution in [2.75, 3.05) is 117 Å². The SMILES string of the molecule is Nc1cc(OCCOCCOCCOCCOC23CC4CC(CC(C4)C2)C3)c(OCCOCCOCCOCCOC23CC4CC(CC(C4)C2)C3)cc1N. The Balaban J connectivity index is 0.642. The van der Waals surface area contributed by atoms with Gasteiger partial charge in [0.1, 0.15) is 13.2 Å². The first-order chi connectivity index (χ1) is 26.4. The topological polar surface area (TPSA) is 144 Å². The minimum absolute atomic E-state index is 0.149. The smallest absolute Gasteiger partial charge is 0.163 e. The number of benzene rings is 1. The third-order valence-corrected chi connectivity index (χ3v) is 12.8. The van der Waals surface area contributed by atoms with Crippen molar-refractivity contribution < 1.29 is 47.4 Å².